The van der Waals surface area contributed by atoms with Crippen LogP contribution in [0.2, 0.25) is 0 Å². The van der Waals surface area contributed by atoms with E-state index in [2.05, 4.69) is 34.6 Å². The van der Waals surface area contributed by atoms with E-state index in [1.807, 2.05) is 48.5 Å². The van der Waals surface area contributed by atoms with Gasteiger partial charge in [-0.25, -0.2) is 0 Å². The highest BCUT2D eigenvalue weighted by molar-refractivity contribution is 6.20. The lowest BCUT2D eigenvalue weighted by atomic mass is 9.85. The molecule has 1 amide bonds. The lowest BCUT2D eigenvalue weighted by Gasteiger charge is -2.28. The number of hydrogen-bond acceptors (Lipinski definition) is 4. The molecule has 33 heavy (non-hydrogen) atoms. The number of aliphatic hydroxyl groups is 1. The maximum atomic E-state index is 13.3. The normalized spacial score (nSPS) is 16.7. The first-order valence-electron chi connectivity index (χ1n) is 11.1. The van der Waals surface area contributed by atoms with E-state index in [9.17, 15) is 14.7 Å². The van der Waals surface area contributed by atoms with Crippen molar-refractivity contribution in [3.63, 3.8) is 0 Å². The second-order valence-corrected chi connectivity index (χ2v) is 9.76. The number of anilines is 1. The molecule has 0 aliphatic carbocycles. The molecular weight excluding hydrogens is 414 g/mol. The predicted molar refractivity (Wildman–Crippen MR) is 129 cm³/mol. The summed E-state index contributed by atoms with van der Waals surface area (Å²) in [6, 6.07) is 17.9. The smallest absolute Gasteiger partial charge is 0.294 e. The van der Waals surface area contributed by atoms with E-state index in [4.69, 9.17) is 4.42 Å². The monoisotopic (exact) mass is 443 g/mol. The first-order chi connectivity index (χ1) is 15.6. The molecule has 3 aromatic rings. The van der Waals surface area contributed by atoms with Crippen LogP contribution in [0.1, 0.15) is 73.8 Å². The summed E-state index contributed by atoms with van der Waals surface area (Å²) in [7, 11) is 0. The van der Waals surface area contributed by atoms with Crippen LogP contribution in [0.25, 0.3) is 0 Å². The number of carbonyl (C=O) groups is 2. The Morgan fingerprint density at radius 1 is 1.00 bits per heavy atom. The number of nitrogens with zero attached hydrogens (tertiary/aromatic N) is 1. The van der Waals surface area contributed by atoms with Gasteiger partial charge in [-0.05, 0) is 52.3 Å². The molecule has 5 nitrogen and oxygen atoms in total. The molecule has 1 N–H and O–H groups in total. The van der Waals surface area contributed by atoms with Gasteiger partial charge < -0.3 is 9.52 Å². The van der Waals surface area contributed by atoms with Gasteiger partial charge in [0, 0.05) is 5.69 Å². The summed E-state index contributed by atoms with van der Waals surface area (Å²) in [5.74, 6) is -1.23. The third-order valence-electron chi connectivity index (χ3n) is 6.13. The molecule has 0 saturated heterocycles. The van der Waals surface area contributed by atoms with Crippen LogP contribution in [0.4, 0.5) is 5.69 Å². The standard InChI is InChI=1S/C28H29NO4/c1-17(2)18-10-14-21(15-11-18)29-24(19-8-12-20(13-9-19)28(3,4)5)23(26(31)27(29)32)25(30)22-7-6-16-33-22/h6-17,24,31H,1-5H3. The summed E-state index contributed by atoms with van der Waals surface area (Å²) in [5.41, 5.74) is 3.61. The van der Waals surface area contributed by atoms with Crippen LogP contribution in [0, 0.1) is 0 Å². The van der Waals surface area contributed by atoms with Crippen molar-refractivity contribution in [3.05, 3.63) is 101 Å². The minimum Gasteiger partial charge on any atom is -0.503 e. The molecule has 4 rings (SSSR count). The number of ketones is 1. The molecule has 0 radical (unpaired) electrons. The Bertz CT molecular complexity index is 1190. The first-order valence-corrected chi connectivity index (χ1v) is 11.1. The average molecular weight is 444 g/mol. The number of amides is 1. The Labute approximate surface area is 194 Å². The van der Waals surface area contributed by atoms with Crippen LogP contribution < -0.4 is 4.90 Å². The molecule has 170 valence electrons. The van der Waals surface area contributed by atoms with Crippen molar-refractivity contribution in [2.45, 2.75) is 52.0 Å². The number of aliphatic hydroxyl groups excluding tert-OH is 1. The lowest BCUT2D eigenvalue weighted by Crippen LogP contribution is -2.31. The summed E-state index contributed by atoms with van der Waals surface area (Å²) in [4.78, 5) is 28.0. The number of carbonyl (C=O) groups excluding carboxylic acids is 2. The van der Waals surface area contributed by atoms with Crippen molar-refractivity contribution in [1.82, 2.24) is 0 Å². The summed E-state index contributed by atoms with van der Waals surface area (Å²) < 4.78 is 5.30. The van der Waals surface area contributed by atoms with Gasteiger partial charge in [0.05, 0.1) is 17.9 Å². The Morgan fingerprint density at radius 2 is 1.64 bits per heavy atom. The van der Waals surface area contributed by atoms with Crippen LogP contribution in [0.15, 0.2) is 82.7 Å². The van der Waals surface area contributed by atoms with Crippen molar-refractivity contribution < 1.29 is 19.1 Å². The molecule has 0 saturated carbocycles. The molecule has 1 aromatic heterocycles. The fourth-order valence-electron chi connectivity index (χ4n) is 4.14. The summed E-state index contributed by atoms with van der Waals surface area (Å²) in [6.45, 7) is 10.6. The van der Waals surface area contributed by atoms with Crippen molar-refractivity contribution in [2.24, 2.45) is 0 Å². The number of hydrogen-bond donors (Lipinski definition) is 1. The number of furan rings is 1. The van der Waals surface area contributed by atoms with Crippen LogP contribution >= 0.6 is 0 Å². The van der Waals surface area contributed by atoms with Gasteiger partial charge in [-0.3, -0.25) is 14.5 Å². The van der Waals surface area contributed by atoms with Crippen LogP contribution in [0.3, 0.4) is 0 Å². The van der Waals surface area contributed by atoms with Gasteiger partial charge in [-0.15, -0.1) is 0 Å². The van der Waals surface area contributed by atoms with Gasteiger partial charge in [0.25, 0.3) is 5.91 Å². The number of rotatable bonds is 5. The molecule has 1 atom stereocenters. The number of Topliss-reactive ketones (excluding diaryl/α,β-unsaturated/α-hetero) is 1. The van der Waals surface area contributed by atoms with Crippen LogP contribution in [-0.4, -0.2) is 16.8 Å². The minimum absolute atomic E-state index is 0.0198. The second-order valence-electron chi connectivity index (χ2n) is 9.76. The zero-order valence-electron chi connectivity index (χ0n) is 19.6. The van der Waals surface area contributed by atoms with Gasteiger partial charge in [0.1, 0.15) is 0 Å². The summed E-state index contributed by atoms with van der Waals surface area (Å²) in [5, 5.41) is 10.8. The van der Waals surface area contributed by atoms with E-state index in [0.717, 1.165) is 16.7 Å². The second kappa shape index (κ2) is 8.39. The van der Waals surface area contributed by atoms with Crippen LogP contribution in [-0.2, 0) is 10.2 Å². The van der Waals surface area contributed by atoms with E-state index in [-0.39, 0.29) is 16.7 Å². The first kappa shape index (κ1) is 22.6. The van der Waals surface area contributed by atoms with Gasteiger partial charge in [0.2, 0.25) is 5.78 Å². The van der Waals surface area contributed by atoms with Crippen molar-refractivity contribution in [3.8, 4) is 0 Å². The van der Waals surface area contributed by atoms with Gasteiger partial charge >= 0.3 is 0 Å². The van der Waals surface area contributed by atoms with E-state index in [0.29, 0.717) is 11.6 Å². The fraction of sp³-hybridized carbons (Fsp3) is 0.286. The van der Waals surface area contributed by atoms with Gasteiger partial charge in [0.15, 0.2) is 11.5 Å². The maximum Gasteiger partial charge on any atom is 0.294 e. The molecule has 1 aliphatic heterocycles. The van der Waals surface area contributed by atoms with Gasteiger partial charge in [-0.2, -0.15) is 0 Å². The summed E-state index contributed by atoms with van der Waals surface area (Å²) >= 11 is 0. The molecule has 0 spiro atoms. The maximum absolute atomic E-state index is 13.3. The fourth-order valence-corrected chi connectivity index (χ4v) is 4.14. The molecule has 1 unspecified atom stereocenters. The Kier molecular flexibility index (Phi) is 5.75. The minimum atomic E-state index is -0.769. The molecule has 2 heterocycles. The number of benzene rings is 2. The van der Waals surface area contributed by atoms with Crippen molar-refractivity contribution in [2.75, 3.05) is 4.90 Å². The predicted octanol–water partition coefficient (Wildman–Crippen LogP) is 6.48. The zero-order valence-corrected chi connectivity index (χ0v) is 19.6. The SMILES string of the molecule is CC(C)c1ccc(N2C(=O)C(O)=C(C(=O)c3ccco3)C2c2ccc(C(C)(C)C)cc2)cc1. The molecular formula is C28H29NO4. The third-order valence-corrected chi connectivity index (χ3v) is 6.13. The molecule has 1 aliphatic rings. The van der Waals surface area contributed by atoms with E-state index >= 15 is 0 Å². The highest BCUT2D eigenvalue weighted by Gasteiger charge is 2.45. The molecule has 0 bridgehead atoms. The highest BCUT2D eigenvalue weighted by Crippen LogP contribution is 2.42. The van der Waals surface area contributed by atoms with Crippen molar-refractivity contribution >= 4 is 17.4 Å². The van der Waals surface area contributed by atoms with Crippen molar-refractivity contribution in [1.29, 1.82) is 0 Å². The van der Waals surface area contributed by atoms with Crippen LogP contribution in [0.5, 0.6) is 0 Å². The topological polar surface area (TPSA) is 70.8 Å². The van der Waals surface area contributed by atoms with Gasteiger partial charge in [-0.1, -0.05) is 71.0 Å². The van der Waals surface area contributed by atoms with E-state index in [1.165, 1.54) is 17.2 Å². The quantitative estimate of drug-likeness (QED) is 0.458. The van der Waals surface area contributed by atoms with E-state index < -0.39 is 23.5 Å². The molecule has 2 aromatic carbocycles. The average Bonchev–Trinajstić information content (AvgIpc) is 3.40. The zero-order chi connectivity index (χ0) is 23.9. The molecule has 5 heteroatoms. The Balaban J connectivity index is 1.84. The summed E-state index contributed by atoms with van der Waals surface area (Å²) in [6.07, 6.45) is 1.40. The Hall–Kier alpha value is -3.60. The van der Waals surface area contributed by atoms with E-state index in [1.54, 1.807) is 6.07 Å². The Morgan fingerprint density at radius 3 is 2.15 bits per heavy atom. The highest BCUT2D eigenvalue weighted by atomic mass is 16.3. The lowest BCUT2D eigenvalue weighted by molar-refractivity contribution is -0.117. The molecule has 0 fully saturated rings. The largest absolute Gasteiger partial charge is 0.503 e. The third kappa shape index (κ3) is 4.11.